The molecule has 0 bridgehead atoms. The van der Waals surface area contributed by atoms with Crippen LogP contribution in [-0.4, -0.2) is 12.9 Å². The van der Waals surface area contributed by atoms with Crippen LogP contribution in [0, 0.1) is 0 Å². The molecule has 0 saturated carbocycles. The number of carbonyl (C=O) groups is 1. The van der Waals surface area contributed by atoms with E-state index in [2.05, 4.69) is 132 Å². The molecule has 210 valence electrons. The Hall–Kier alpha value is -5.41. The number of rotatable bonds is 8. The maximum atomic E-state index is 12.6. The van der Waals surface area contributed by atoms with Crippen LogP contribution in [0.25, 0.3) is 38.6 Å². The Morgan fingerprint density at radius 2 is 1.07 bits per heavy atom. The SMILES string of the molecule is CO/C(C)=C(\C(C)=O)c1ccc2ccc(N(c3ccccc3-c3ccccc3)c3ccccc3-c3ccccc3)cc2c1. The Kier molecular flexibility index (Phi) is 7.88. The number of ketones is 1. The first kappa shape index (κ1) is 27.7. The van der Waals surface area contributed by atoms with Gasteiger partial charge in [0.25, 0.3) is 0 Å². The first-order chi connectivity index (χ1) is 21.0. The van der Waals surface area contributed by atoms with Crippen molar-refractivity contribution in [1.82, 2.24) is 0 Å². The summed E-state index contributed by atoms with van der Waals surface area (Å²) in [7, 11) is 1.60. The normalized spacial score (nSPS) is 11.6. The van der Waals surface area contributed by atoms with E-state index in [0.29, 0.717) is 11.3 Å². The third kappa shape index (κ3) is 5.58. The van der Waals surface area contributed by atoms with E-state index in [1.165, 1.54) is 0 Å². The highest BCUT2D eigenvalue weighted by Gasteiger charge is 2.21. The number of fused-ring (bicyclic) bond motifs is 1. The molecule has 0 N–H and O–H groups in total. The van der Waals surface area contributed by atoms with E-state index >= 15 is 0 Å². The average Bonchev–Trinajstić information content (AvgIpc) is 3.06. The van der Waals surface area contributed by atoms with Crippen LogP contribution in [-0.2, 0) is 9.53 Å². The molecule has 6 aromatic carbocycles. The van der Waals surface area contributed by atoms with E-state index in [4.69, 9.17) is 4.74 Å². The summed E-state index contributed by atoms with van der Waals surface area (Å²) < 4.78 is 5.48. The van der Waals surface area contributed by atoms with Gasteiger partial charge in [0.15, 0.2) is 5.78 Å². The number of Topliss-reactive ketones (excluding diaryl/α,β-unsaturated/α-hetero) is 1. The van der Waals surface area contributed by atoms with Crippen LogP contribution in [0.2, 0.25) is 0 Å². The molecule has 0 spiro atoms. The molecule has 0 saturated heterocycles. The van der Waals surface area contributed by atoms with Crippen LogP contribution >= 0.6 is 0 Å². The summed E-state index contributed by atoms with van der Waals surface area (Å²) in [4.78, 5) is 15.0. The highest BCUT2D eigenvalue weighted by molar-refractivity contribution is 6.20. The minimum Gasteiger partial charge on any atom is -0.501 e. The summed E-state index contributed by atoms with van der Waals surface area (Å²) in [5.41, 5.74) is 9.18. The third-order valence-electron chi connectivity index (χ3n) is 7.84. The van der Waals surface area contributed by atoms with Crippen molar-refractivity contribution in [3.63, 3.8) is 0 Å². The Morgan fingerprint density at radius 3 is 1.60 bits per heavy atom. The number of hydrogen-bond donors (Lipinski definition) is 0. The van der Waals surface area contributed by atoms with Gasteiger partial charge in [-0.15, -0.1) is 0 Å². The van der Waals surface area contributed by atoms with E-state index < -0.39 is 0 Å². The molecule has 0 amide bonds. The molecule has 6 aromatic rings. The molecule has 0 aliphatic carbocycles. The number of ether oxygens (including phenoxy) is 1. The Bertz CT molecular complexity index is 1860. The molecular weight excluding hydrogens is 526 g/mol. The van der Waals surface area contributed by atoms with Crippen molar-refractivity contribution < 1.29 is 9.53 Å². The average molecular weight is 560 g/mol. The number of hydrogen-bond acceptors (Lipinski definition) is 3. The van der Waals surface area contributed by atoms with Crippen molar-refractivity contribution >= 4 is 39.2 Å². The number of nitrogens with zero attached hydrogens (tertiary/aromatic N) is 1. The predicted molar refractivity (Wildman–Crippen MR) is 180 cm³/mol. The second-order valence-electron chi connectivity index (χ2n) is 10.5. The van der Waals surface area contributed by atoms with Gasteiger partial charge in [-0.05, 0) is 71.6 Å². The molecule has 0 unspecified atom stereocenters. The molecule has 0 aliphatic rings. The molecule has 3 nitrogen and oxygen atoms in total. The summed E-state index contributed by atoms with van der Waals surface area (Å²) in [5.74, 6) is 0.586. The fourth-order valence-electron chi connectivity index (χ4n) is 5.75. The van der Waals surface area contributed by atoms with E-state index in [9.17, 15) is 4.79 Å². The second-order valence-corrected chi connectivity index (χ2v) is 10.5. The lowest BCUT2D eigenvalue weighted by Crippen LogP contribution is -2.12. The molecule has 0 fully saturated rings. The van der Waals surface area contributed by atoms with Crippen LogP contribution in [0.3, 0.4) is 0 Å². The molecule has 6 rings (SSSR count). The lowest BCUT2D eigenvalue weighted by atomic mass is 9.96. The Morgan fingerprint density at radius 1 is 0.558 bits per heavy atom. The maximum absolute atomic E-state index is 12.6. The zero-order chi connectivity index (χ0) is 29.8. The zero-order valence-corrected chi connectivity index (χ0v) is 24.6. The maximum Gasteiger partial charge on any atom is 0.163 e. The van der Waals surface area contributed by atoms with E-state index in [-0.39, 0.29) is 5.78 Å². The van der Waals surface area contributed by atoms with E-state index in [0.717, 1.165) is 55.7 Å². The van der Waals surface area contributed by atoms with Gasteiger partial charge in [-0.25, -0.2) is 0 Å². The van der Waals surface area contributed by atoms with Crippen molar-refractivity contribution in [2.24, 2.45) is 0 Å². The third-order valence-corrected chi connectivity index (χ3v) is 7.84. The Labute approximate surface area is 253 Å². The van der Waals surface area contributed by atoms with Gasteiger partial charge in [-0.1, -0.05) is 115 Å². The number of anilines is 3. The topological polar surface area (TPSA) is 29.5 Å². The zero-order valence-electron chi connectivity index (χ0n) is 24.6. The minimum absolute atomic E-state index is 0.0231. The monoisotopic (exact) mass is 559 g/mol. The summed E-state index contributed by atoms with van der Waals surface area (Å²) in [6.45, 7) is 3.42. The first-order valence-electron chi connectivity index (χ1n) is 14.4. The van der Waals surface area contributed by atoms with Crippen molar-refractivity contribution in [2.75, 3.05) is 12.0 Å². The van der Waals surface area contributed by atoms with Gasteiger partial charge in [0, 0.05) is 16.8 Å². The van der Waals surface area contributed by atoms with Crippen molar-refractivity contribution in [3.05, 3.63) is 157 Å². The van der Waals surface area contributed by atoms with Gasteiger partial charge in [-0.3, -0.25) is 4.79 Å². The number of allylic oxidation sites excluding steroid dienone is 2. The molecule has 0 aliphatic heterocycles. The van der Waals surface area contributed by atoms with E-state index in [1.807, 2.05) is 25.1 Å². The molecular formula is C40H33NO2. The summed E-state index contributed by atoms with van der Waals surface area (Å²) in [6.07, 6.45) is 0. The molecule has 43 heavy (non-hydrogen) atoms. The van der Waals surface area contributed by atoms with Crippen LogP contribution in [0.15, 0.2) is 151 Å². The Balaban J connectivity index is 1.61. The van der Waals surface area contributed by atoms with E-state index in [1.54, 1.807) is 14.0 Å². The van der Waals surface area contributed by atoms with Crippen molar-refractivity contribution in [2.45, 2.75) is 13.8 Å². The molecule has 0 radical (unpaired) electrons. The fraction of sp³-hybridized carbons (Fsp3) is 0.0750. The van der Waals surface area contributed by atoms with Gasteiger partial charge in [-0.2, -0.15) is 0 Å². The van der Waals surface area contributed by atoms with Crippen molar-refractivity contribution in [1.29, 1.82) is 0 Å². The lowest BCUT2D eigenvalue weighted by molar-refractivity contribution is -0.111. The number of methoxy groups -OCH3 is 1. The summed E-state index contributed by atoms with van der Waals surface area (Å²) in [5, 5.41) is 2.13. The van der Waals surface area contributed by atoms with Crippen LogP contribution in [0.5, 0.6) is 0 Å². The molecule has 3 heteroatoms. The van der Waals surface area contributed by atoms with Gasteiger partial charge in [0.2, 0.25) is 0 Å². The quantitative estimate of drug-likeness (QED) is 0.137. The van der Waals surface area contributed by atoms with Crippen LogP contribution < -0.4 is 4.90 Å². The van der Waals surface area contributed by atoms with Crippen LogP contribution in [0.1, 0.15) is 19.4 Å². The highest BCUT2D eigenvalue weighted by Crippen LogP contribution is 2.45. The van der Waals surface area contributed by atoms with Crippen molar-refractivity contribution in [3.8, 4) is 22.3 Å². The molecule has 0 atom stereocenters. The smallest absolute Gasteiger partial charge is 0.163 e. The number of carbonyl (C=O) groups excluding carboxylic acids is 1. The fourth-order valence-corrected chi connectivity index (χ4v) is 5.75. The minimum atomic E-state index is -0.0231. The molecule has 0 aromatic heterocycles. The van der Waals surface area contributed by atoms with Crippen LogP contribution in [0.4, 0.5) is 17.1 Å². The first-order valence-corrected chi connectivity index (χ1v) is 14.4. The van der Waals surface area contributed by atoms with Gasteiger partial charge >= 0.3 is 0 Å². The lowest BCUT2D eigenvalue weighted by Gasteiger charge is -2.30. The number of para-hydroxylation sites is 2. The second kappa shape index (κ2) is 12.2. The van der Waals surface area contributed by atoms with Gasteiger partial charge < -0.3 is 9.64 Å². The van der Waals surface area contributed by atoms with Gasteiger partial charge in [0.05, 0.1) is 24.1 Å². The summed E-state index contributed by atoms with van der Waals surface area (Å²) >= 11 is 0. The largest absolute Gasteiger partial charge is 0.501 e. The standard InChI is InChI=1S/C40H33NO2/c1-28(42)40(29(2)43-3)33-23-22-30-24-25-35(27-34(30)26-33)41(38-20-12-10-18-36(38)31-14-6-4-7-15-31)39-21-13-11-19-37(39)32-16-8-5-9-17-32/h4-27H,1-3H3/b40-29+. The number of benzene rings is 6. The predicted octanol–water partition coefficient (Wildman–Crippen LogP) is 10.6. The molecule has 0 heterocycles. The van der Waals surface area contributed by atoms with Gasteiger partial charge in [0.1, 0.15) is 5.76 Å². The highest BCUT2D eigenvalue weighted by atomic mass is 16.5. The summed E-state index contributed by atoms with van der Waals surface area (Å²) in [6, 6.07) is 50.8.